The minimum absolute atomic E-state index is 0. The van der Waals surface area contributed by atoms with E-state index in [9.17, 15) is 51.9 Å². The van der Waals surface area contributed by atoms with E-state index in [1.807, 2.05) is 0 Å². The van der Waals surface area contributed by atoms with Crippen molar-refractivity contribution in [3.05, 3.63) is 70.8 Å². The summed E-state index contributed by atoms with van der Waals surface area (Å²) in [5, 5.41) is 1.51. The molecule has 0 aromatic heterocycles. The average Bonchev–Trinajstić information content (AvgIpc) is 1.47. The molecular weight excluding hydrogens is 1620 g/mol. The van der Waals surface area contributed by atoms with Crippen molar-refractivity contribution < 1.29 is 227 Å². The number of nitrogens with zero attached hydrogens (tertiary/aromatic N) is 16. The predicted molar refractivity (Wildman–Crippen MR) is 370 cm³/mol. The van der Waals surface area contributed by atoms with Crippen molar-refractivity contribution in [2.45, 2.75) is 153 Å². The molecule has 11 fully saturated rings. The fraction of sp³-hybridized carbons (Fsp3) is 0.576. The molecule has 17 rings (SSSR count). The van der Waals surface area contributed by atoms with E-state index in [1.165, 1.54) is 78.4 Å². The largest absolute Gasteiger partial charge is 1.00 e. The summed E-state index contributed by atoms with van der Waals surface area (Å²) in [5.74, 6) is -2.63. The molecule has 592 valence electrons. The van der Waals surface area contributed by atoms with E-state index >= 15 is 38.4 Å². The summed E-state index contributed by atoms with van der Waals surface area (Å²) in [6, 6.07) is 7.15. The standard InChI is InChI=1S/C66H80N16O24S4.4Na/c1-59-61(3)71-33-75-55(87)79-37-81-57(89)77-35-73-53(85)69-31-45-46(50(106-24-16-28-110(100,101)102)42-20-12-11-19-41(42)49(45)105-23-15-27-109(97,98)99)32-70-54(86)74(62(73,4)60(69,70)2)36-78-58(90)82(66(81,8)64(77,78)6)38-80-56(88)76(63(75,5)65(79,80)7)34-72(61)52(84)68(59)30-44-43(29-67(59)51(71)83)47(103-21-13-25-107(91,92)93)39-17-9-10-18-40(39)48(44)104-22-14-26-108(94,95)96;;;;/h9-12,17-20H,13-16,21-38H2,1-8H3,(H,91,92,93)(H,94,95,96)(H,97,98,99)(H,100,101,102);;;;/q;4*+1/p-4. The smallest absolute Gasteiger partial charge is 0.748 e. The molecule has 4 aromatic rings. The Hall–Kier alpha value is -5.60. The average molecular weight is 1700 g/mol. The van der Waals surface area contributed by atoms with Crippen molar-refractivity contribution in [3.63, 3.8) is 0 Å². The number of amides is 16. The van der Waals surface area contributed by atoms with Gasteiger partial charge in [-0.3, -0.25) is 78.4 Å². The van der Waals surface area contributed by atoms with Gasteiger partial charge in [0.2, 0.25) is 0 Å². The van der Waals surface area contributed by atoms with Crippen molar-refractivity contribution in [1.29, 1.82) is 0 Å². The minimum atomic E-state index is -4.70. The number of carbonyl (C=O) groups is 8. The number of hydrogen-bond acceptors (Lipinski definition) is 24. The van der Waals surface area contributed by atoms with Gasteiger partial charge >= 0.3 is 166 Å². The van der Waals surface area contributed by atoms with E-state index in [0.717, 1.165) is 0 Å². The van der Waals surface area contributed by atoms with Crippen LogP contribution >= 0.6 is 0 Å². The molecule has 0 saturated carbocycles. The second kappa shape index (κ2) is 28.0. The van der Waals surface area contributed by atoms with Gasteiger partial charge in [0.15, 0.2) is 45.3 Å². The van der Waals surface area contributed by atoms with E-state index < -0.39 is 197 Å². The molecule has 0 bridgehead atoms. The zero-order chi connectivity index (χ0) is 78.8. The number of fused-ring (bicyclic) bond motifs is 4. The van der Waals surface area contributed by atoms with Crippen molar-refractivity contribution in [2.75, 3.05) is 89.5 Å². The van der Waals surface area contributed by atoms with Crippen LogP contribution in [0.15, 0.2) is 48.5 Å². The number of benzene rings is 4. The van der Waals surface area contributed by atoms with Crippen LogP contribution in [0.25, 0.3) is 21.5 Å². The van der Waals surface area contributed by atoms with Crippen LogP contribution < -0.4 is 137 Å². The Bertz CT molecular complexity index is 4780. The summed E-state index contributed by atoms with van der Waals surface area (Å²) in [6.45, 7) is 6.21. The maximum Gasteiger partial charge on any atom is 1.00 e. The molecule has 11 saturated heterocycles. The summed E-state index contributed by atoms with van der Waals surface area (Å²) < 4.78 is 168. The fourth-order valence-electron chi connectivity index (χ4n) is 20.1. The fourth-order valence-corrected chi connectivity index (χ4v) is 22.0. The normalized spacial score (nSPS) is 29.4. The Balaban J connectivity index is 0.00000283. The molecule has 16 amide bonds. The Morgan fingerprint density at radius 3 is 0.561 bits per heavy atom. The molecule has 0 N–H and O–H groups in total. The number of ether oxygens (including phenoxy) is 4. The Kier molecular flexibility index (Phi) is 21.2. The molecule has 0 aliphatic carbocycles. The molecule has 0 spiro atoms. The van der Waals surface area contributed by atoms with Crippen molar-refractivity contribution in [2.24, 2.45) is 0 Å². The first-order valence-corrected chi connectivity index (χ1v) is 41.9. The number of rotatable bonds is 20. The van der Waals surface area contributed by atoms with E-state index in [1.54, 1.807) is 104 Å². The topological polar surface area (TPSA) is 454 Å². The summed E-state index contributed by atoms with van der Waals surface area (Å²) in [6.07, 6.45) is -1.01. The number of carbonyl (C=O) groups excluding carboxylic acids is 8. The first-order chi connectivity index (χ1) is 51.4. The summed E-state index contributed by atoms with van der Waals surface area (Å²) in [7, 11) is -18.8. The Labute approximate surface area is 744 Å². The molecule has 114 heavy (non-hydrogen) atoms. The molecule has 48 heteroatoms. The molecule has 0 unspecified atom stereocenters. The third kappa shape index (κ3) is 11.2. The number of hydrogen-bond donors (Lipinski definition) is 0. The van der Waals surface area contributed by atoms with E-state index in [2.05, 4.69) is 0 Å². The molecule has 0 radical (unpaired) electrons. The van der Waals surface area contributed by atoms with Gasteiger partial charge in [-0.05, 0) is 81.1 Å². The predicted octanol–water partition coefficient (Wildman–Crippen LogP) is -9.59. The van der Waals surface area contributed by atoms with Crippen LogP contribution in [0.2, 0.25) is 0 Å². The van der Waals surface area contributed by atoms with Crippen LogP contribution in [0.4, 0.5) is 38.4 Å². The van der Waals surface area contributed by atoms with Crippen molar-refractivity contribution >= 4 is 110 Å². The van der Waals surface area contributed by atoms with Gasteiger partial charge in [0.05, 0.1) is 93.1 Å². The molecule has 0 atom stereocenters. The summed E-state index contributed by atoms with van der Waals surface area (Å²) in [4.78, 5) is 152. The van der Waals surface area contributed by atoms with Gasteiger partial charge in [0.1, 0.15) is 63.0 Å². The van der Waals surface area contributed by atoms with Crippen LogP contribution in [-0.4, -0.2) is 313 Å². The van der Waals surface area contributed by atoms with Crippen LogP contribution in [0.5, 0.6) is 23.0 Å². The van der Waals surface area contributed by atoms with Gasteiger partial charge in [0, 0.05) is 66.8 Å². The molecule has 13 aliphatic rings. The van der Waals surface area contributed by atoms with Gasteiger partial charge < -0.3 is 37.2 Å². The van der Waals surface area contributed by atoms with Crippen LogP contribution in [-0.2, 0) is 66.7 Å². The van der Waals surface area contributed by atoms with Gasteiger partial charge in [-0.15, -0.1) is 0 Å². The molecular formula is C66H76N16Na4O24S4. The van der Waals surface area contributed by atoms with Gasteiger partial charge in [-0.25, -0.2) is 72.0 Å². The SMILES string of the molecule is CC12N3Cc4c(c(OCCCS(=O)(=O)[O-])c5ccccc5c4OCCCS(=O)(=O)[O-])CN1C(=O)N1CN4C(=O)N5CN6C(=O)N7CN8C(=O)N9Cc%10c(c(OCCCS(=O)(=O)[O-])c%11ccccc%11c%10OCCCS(=O)(=O)[O-])CN%10C(=O)N(CN%11C(=O)N(CN%12C(=O)N(CN(C3=O)C12C)C4(C)C%125C)C6(C)C%117C)C8(C)C%109C.[Na+].[Na+].[Na+].[Na+]. The van der Waals surface area contributed by atoms with E-state index in [4.69, 9.17) is 18.9 Å². The Morgan fingerprint density at radius 2 is 0.412 bits per heavy atom. The van der Waals surface area contributed by atoms with Gasteiger partial charge in [-0.1, -0.05) is 48.5 Å². The minimum Gasteiger partial charge on any atom is -0.748 e. The summed E-state index contributed by atoms with van der Waals surface area (Å²) >= 11 is 0. The van der Waals surface area contributed by atoms with Crippen LogP contribution in [0, 0.1) is 0 Å². The van der Waals surface area contributed by atoms with Crippen LogP contribution in [0.1, 0.15) is 103 Å². The second-order valence-corrected chi connectivity index (χ2v) is 37.0. The van der Waals surface area contributed by atoms with E-state index in [-0.39, 0.29) is 242 Å². The zero-order valence-corrected chi connectivity index (χ0v) is 76.0. The van der Waals surface area contributed by atoms with Gasteiger partial charge in [0.25, 0.3) is 0 Å². The van der Waals surface area contributed by atoms with E-state index in [0.29, 0.717) is 21.5 Å². The molecule has 13 heterocycles. The van der Waals surface area contributed by atoms with Crippen LogP contribution in [0.3, 0.4) is 0 Å². The third-order valence-electron chi connectivity index (χ3n) is 26.5. The molecule has 4 aromatic carbocycles. The first-order valence-electron chi connectivity index (χ1n) is 35.5. The second-order valence-electron chi connectivity index (χ2n) is 30.9. The van der Waals surface area contributed by atoms with Crippen molar-refractivity contribution in [1.82, 2.24) is 78.4 Å². The summed E-state index contributed by atoms with van der Waals surface area (Å²) in [5.41, 5.74) is -13.8. The first kappa shape index (κ1) is 86.3. The third-order valence-corrected chi connectivity index (χ3v) is 29.6. The molecule has 13 aliphatic heterocycles. The molecule has 40 nitrogen and oxygen atoms in total. The monoisotopic (exact) mass is 1700 g/mol. The Morgan fingerprint density at radius 1 is 0.272 bits per heavy atom. The maximum absolute atomic E-state index is 16.4. The van der Waals surface area contributed by atoms with Crippen molar-refractivity contribution in [3.8, 4) is 23.0 Å². The quantitative estimate of drug-likeness (QED) is 0.0450. The number of urea groups is 8. The van der Waals surface area contributed by atoms with Gasteiger partial charge in [-0.2, -0.15) is 0 Å². The zero-order valence-electron chi connectivity index (χ0n) is 64.8. The maximum atomic E-state index is 16.4.